The number of aryl methyl sites for hydroxylation is 1. The van der Waals surface area contributed by atoms with Gasteiger partial charge < -0.3 is 5.32 Å². The van der Waals surface area contributed by atoms with Gasteiger partial charge in [0, 0.05) is 16.2 Å². The van der Waals surface area contributed by atoms with Crippen LogP contribution in [0, 0.1) is 6.92 Å². The number of hydrogen-bond donors (Lipinski definition) is 1. The van der Waals surface area contributed by atoms with Gasteiger partial charge in [-0.15, -0.1) is 0 Å². The van der Waals surface area contributed by atoms with Crippen molar-refractivity contribution in [3.05, 3.63) is 57.8 Å². The van der Waals surface area contributed by atoms with E-state index in [-0.39, 0.29) is 0 Å². The fourth-order valence-electron chi connectivity index (χ4n) is 2.23. The van der Waals surface area contributed by atoms with E-state index in [9.17, 15) is 0 Å². The van der Waals surface area contributed by atoms with Crippen LogP contribution in [0.5, 0.6) is 0 Å². The van der Waals surface area contributed by atoms with Crippen molar-refractivity contribution in [2.75, 3.05) is 11.9 Å². The molecule has 1 aromatic heterocycles. The largest absolute Gasteiger partial charge is 0.348 e. The molecule has 0 amide bonds. The van der Waals surface area contributed by atoms with E-state index in [1.54, 1.807) is 6.20 Å². The third-order valence-electron chi connectivity index (χ3n) is 3.11. The lowest BCUT2D eigenvalue weighted by atomic mass is 10.0. The Morgan fingerprint density at radius 1 is 1.30 bits per heavy atom. The summed E-state index contributed by atoms with van der Waals surface area (Å²) in [4.78, 5) is 9.76. The van der Waals surface area contributed by atoms with Crippen molar-refractivity contribution in [1.29, 1.82) is 0 Å². The van der Waals surface area contributed by atoms with Crippen molar-refractivity contribution in [2.24, 2.45) is 4.99 Å². The zero-order valence-electron chi connectivity index (χ0n) is 10.9. The summed E-state index contributed by atoms with van der Waals surface area (Å²) >= 11 is 8.86. The number of hydrogen-bond acceptors (Lipinski definition) is 3. The van der Waals surface area contributed by atoms with Crippen LogP contribution in [0.15, 0.2) is 46.0 Å². The Balaban J connectivity index is 2.24. The fraction of sp³-hybridized carbons (Fsp3) is 0.133. The summed E-state index contributed by atoms with van der Waals surface area (Å²) in [6.07, 6.45) is 1.78. The van der Waals surface area contributed by atoms with Crippen molar-refractivity contribution in [3.8, 4) is 0 Å². The SMILES string of the molecule is Cc1cc(Br)cc2c1NC(=S)CN=C2c1ccccn1. The number of rotatable bonds is 1. The number of benzodiazepines with no additional fused rings is 1. The van der Waals surface area contributed by atoms with Crippen LogP contribution < -0.4 is 5.32 Å². The molecule has 0 fully saturated rings. The van der Waals surface area contributed by atoms with Gasteiger partial charge in [-0.3, -0.25) is 9.98 Å². The first-order chi connectivity index (χ1) is 9.65. The predicted molar refractivity (Wildman–Crippen MR) is 89.8 cm³/mol. The molecular weight excluding hydrogens is 334 g/mol. The number of halogens is 1. The maximum Gasteiger partial charge on any atom is 0.102 e. The van der Waals surface area contributed by atoms with Gasteiger partial charge in [0.1, 0.15) is 4.99 Å². The number of pyridine rings is 1. The third-order valence-corrected chi connectivity index (χ3v) is 3.80. The highest BCUT2D eigenvalue weighted by molar-refractivity contribution is 9.10. The summed E-state index contributed by atoms with van der Waals surface area (Å²) < 4.78 is 1.02. The number of thiocarbonyl (C=S) groups is 1. The van der Waals surface area contributed by atoms with Gasteiger partial charge in [0.2, 0.25) is 0 Å². The smallest absolute Gasteiger partial charge is 0.102 e. The molecule has 100 valence electrons. The first kappa shape index (κ1) is 13.4. The highest BCUT2D eigenvalue weighted by Gasteiger charge is 2.19. The average Bonchev–Trinajstić information content (AvgIpc) is 2.59. The van der Waals surface area contributed by atoms with Crippen LogP contribution in [0.25, 0.3) is 0 Å². The number of nitrogens with one attached hydrogen (secondary N) is 1. The second-order valence-corrected chi connectivity index (χ2v) is 5.98. The molecule has 0 unspecified atom stereocenters. The summed E-state index contributed by atoms with van der Waals surface area (Å²) in [7, 11) is 0. The molecule has 5 heteroatoms. The van der Waals surface area contributed by atoms with Gasteiger partial charge in [0.25, 0.3) is 0 Å². The number of aromatic nitrogens is 1. The van der Waals surface area contributed by atoms with Gasteiger partial charge in [0.15, 0.2) is 0 Å². The van der Waals surface area contributed by atoms with E-state index in [2.05, 4.69) is 50.3 Å². The molecule has 0 atom stereocenters. The molecule has 20 heavy (non-hydrogen) atoms. The lowest BCUT2D eigenvalue weighted by Crippen LogP contribution is -2.12. The number of nitrogens with zero attached hydrogens (tertiary/aromatic N) is 2. The standard InChI is InChI=1S/C15H12BrN3S/c1-9-6-10(16)7-11-14(9)19-13(20)8-18-15(11)12-4-2-3-5-17-12/h2-7H,8H2,1H3,(H,19,20). The molecule has 1 aliphatic rings. The Kier molecular flexibility index (Phi) is 3.63. The van der Waals surface area contributed by atoms with Gasteiger partial charge in [-0.2, -0.15) is 0 Å². The topological polar surface area (TPSA) is 37.3 Å². The minimum absolute atomic E-state index is 0.479. The van der Waals surface area contributed by atoms with Crippen LogP contribution in [0.3, 0.4) is 0 Å². The summed E-state index contributed by atoms with van der Waals surface area (Å²) in [6, 6.07) is 9.95. The monoisotopic (exact) mass is 345 g/mol. The molecule has 3 rings (SSSR count). The molecule has 0 radical (unpaired) electrons. The normalized spacial score (nSPS) is 14.1. The molecular formula is C15H12BrN3S. The van der Waals surface area contributed by atoms with Crippen molar-refractivity contribution in [2.45, 2.75) is 6.92 Å². The minimum atomic E-state index is 0.479. The number of fused-ring (bicyclic) bond motifs is 1. The number of aliphatic imine (C=N–C) groups is 1. The van der Waals surface area contributed by atoms with Crippen LogP contribution in [0.4, 0.5) is 5.69 Å². The molecule has 0 saturated heterocycles. The van der Waals surface area contributed by atoms with Crippen LogP contribution >= 0.6 is 28.1 Å². The Morgan fingerprint density at radius 2 is 2.15 bits per heavy atom. The van der Waals surface area contributed by atoms with Crippen molar-refractivity contribution >= 4 is 44.5 Å². The fourth-order valence-corrected chi connectivity index (χ4v) is 2.97. The Labute approximate surface area is 131 Å². The predicted octanol–water partition coefficient (Wildman–Crippen LogP) is 3.74. The summed E-state index contributed by atoms with van der Waals surface area (Å²) in [5.41, 5.74) is 4.90. The third kappa shape index (κ3) is 2.51. The second kappa shape index (κ2) is 5.42. The lowest BCUT2D eigenvalue weighted by Gasteiger charge is -2.13. The molecule has 2 heterocycles. The van der Waals surface area contributed by atoms with Gasteiger partial charge in [-0.05, 0) is 36.8 Å². The first-order valence-electron chi connectivity index (χ1n) is 6.21. The first-order valence-corrected chi connectivity index (χ1v) is 7.41. The molecule has 0 bridgehead atoms. The van der Waals surface area contributed by atoms with Crippen LogP contribution in [0.2, 0.25) is 0 Å². The number of benzene rings is 1. The average molecular weight is 346 g/mol. The molecule has 0 aliphatic carbocycles. The van der Waals surface area contributed by atoms with Gasteiger partial charge in [0.05, 0.1) is 23.6 Å². The van der Waals surface area contributed by atoms with E-state index < -0.39 is 0 Å². The van der Waals surface area contributed by atoms with Crippen molar-refractivity contribution in [3.63, 3.8) is 0 Å². The molecule has 1 aliphatic heterocycles. The molecule has 0 saturated carbocycles. The van der Waals surface area contributed by atoms with E-state index in [4.69, 9.17) is 12.2 Å². The van der Waals surface area contributed by atoms with Crippen LogP contribution in [-0.2, 0) is 0 Å². The van der Waals surface area contributed by atoms with E-state index in [1.165, 1.54) is 0 Å². The number of anilines is 1. The quantitative estimate of drug-likeness (QED) is 0.800. The highest BCUT2D eigenvalue weighted by atomic mass is 79.9. The molecule has 1 N–H and O–H groups in total. The minimum Gasteiger partial charge on any atom is -0.348 e. The molecule has 1 aromatic carbocycles. The zero-order chi connectivity index (χ0) is 14.1. The Bertz CT molecular complexity index is 711. The summed E-state index contributed by atoms with van der Waals surface area (Å²) in [5, 5.41) is 3.29. The Morgan fingerprint density at radius 3 is 2.90 bits per heavy atom. The summed E-state index contributed by atoms with van der Waals surface area (Å²) in [5.74, 6) is 0. The van der Waals surface area contributed by atoms with Gasteiger partial charge in [-0.1, -0.05) is 34.2 Å². The van der Waals surface area contributed by atoms with E-state index >= 15 is 0 Å². The van der Waals surface area contributed by atoms with Crippen LogP contribution in [-0.4, -0.2) is 22.2 Å². The summed E-state index contributed by atoms with van der Waals surface area (Å²) in [6.45, 7) is 2.54. The van der Waals surface area contributed by atoms with E-state index in [1.807, 2.05) is 18.2 Å². The Hall–Kier alpha value is -1.59. The van der Waals surface area contributed by atoms with E-state index in [0.717, 1.165) is 37.7 Å². The molecule has 0 spiro atoms. The van der Waals surface area contributed by atoms with Crippen molar-refractivity contribution in [1.82, 2.24) is 4.98 Å². The molecule has 3 nitrogen and oxygen atoms in total. The van der Waals surface area contributed by atoms with Gasteiger partial charge >= 0.3 is 0 Å². The van der Waals surface area contributed by atoms with Crippen molar-refractivity contribution < 1.29 is 0 Å². The van der Waals surface area contributed by atoms with Crippen LogP contribution in [0.1, 0.15) is 16.8 Å². The second-order valence-electron chi connectivity index (χ2n) is 4.57. The highest BCUT2D eigenvalue weighted by Crippen LogP contribution is 2.29. The zero-order valence-corrected chi connectivity index (χ0v) is 13.3. The van der Waals surface area contributed by atoms with Gasteiger partial charge in [-0.25, -0.2) is 0 Å². The maximum atomic E-state index is 5.31. The molecule has 2 aromatic rings. The maximum absolute atomic E-state index is 5.31. The van der Waals surface area contributed by atoms with E-state index in [0.29, 0.717) is 6.54 Å². The lowest BCUT2D eigenvalue weighted by molar-refractivity contribution is 1.25.